The van der Waals surface area contributed by atoms with Gasteiger partial charge in [0.05, 0.1) is 0 Å². The van der Waals surface area contributed by atoms with Gasteiger partial charge in [-0.3, -0.25) is 4.98 Å². The summed E-state index contributed by atoms with van der Waals surface area (Å²) < 4.78 is 0. The number of nitrogens with one attached hydrogen (secondary N) is 2. The highest BCUT2D eigenvalue weighted by molar-refractivity contribution is 7.99. The van der Waals surface area contributed by atoms with E-state index in [0.29, 0.717) is 5.82 Å². The number of aromatic amines is 2. The van der Waals surface area contributed by atoms with Crippen LogP contribution in [-0.2, 0) is 0 Å². The number of unbranched alkanes of at least 4 members (excludes halogenated alkanes) is 1. The van der Waals surface area contributed by atoms with Crippen LogP contribution in [0.1, 0.15) is 19.8 Å². The van der Waals surface area contributed by atoms with Gasteiger partial charge < -0.3 is 5.73 Å². The van der Waals surface area contributed by atoms with Crippen molar-refractivity contribution in [1.82, 2.24) is 15.0 Å². The Bertz CT molecular complexity index is 453. The summed E-state index contributed by atoms with van der Waals surface area (Å²) >= 11 is 1.64. The molecule has 0 aliphatic rings. The molecule has 2 aromatic heterocycles. The number of imidazole rings is 1. The van der Waals surface area contributed by atoms with Crippen LogP contribution >= 0.6 is 11.8 Å². The molecule has 0 spiro atoms. The lowest BCUT2D eigenvalue weighted by molar-refractivity contribution is -0.347. The van der Waals surface area contributed by atoms with Crippen molar-refractivity contribution in [3.8, 4) is 0 Å². The van der Waals surface area contributed by atoms with Crippen molar-refractivity contribution >= 4 is 28.7 Å². The average Bonchev–Trinajstić information content (AvgIpc) is 2.66. The topological polar surface area (TPSA) is 81.7 Å². The molecular formula is C9H14N5S+. The summed E-state index contributed by atoms with van der Waals surface area (Å²) in [6.45, 7) is 2.17. The molecule has 0 fully saturated rings. The normalized spacial score (nSPS) is 11.0. The first-order valence-corrected chi connectivity index (χ1v) is 5.95. The third-order valence-electron chi connectivity index (χ3n) is 2.07. The van der Waals surface area contributed by atoms with E-state index in [1.54, 1.807) is 18.1 Å². The number of nitrogens with two attached hydrogens (primary N) is 1. The Hall–Kier alpha value is -1.30. The molecular weight excluding hydrogens is 210 g/mol. The van der Waals surface area contributed by atoms with Gasteiger partial charge in [-0.15, -0.1) is 0 Å². The number of fused-ring (bicyclic) bond motifs is 1. The Labute approximate surface area is 91.9 Å². The van der Waals surface area contributed by atoms with Gasteiger partial charge in [0.2, 0.25) is 5.52 Å². The van der Waals surface area contributed by atoms with Gasteiger partial charge in [-0.25, -0.2) is 4.98 Å². The van der Waals surface area contributed by atoms with E-state index in [1.807, 2.05) is 0 Å². The summed E-state index contributed by atoms with van der Waals surface area (Å²) in [5, 5.41) is 0.740. The second-order valence-corrected chi connectivity index (χ2v) is 4.31. The molecule has 6 heteroatoms. The fourth-order valence-electron chi connectivity index (χ4n) is 1.25. The zero-order valence-corrected chi connectivity index (χ0v) is 9.40. The smallest absolute Gasteiger partial charge is 0.306 e. The van der Waals surface area contributed by atoms with Crippen molar-refractivity contribution in [2.75, 3.05) is 11.5 Å². The Morgan fingerprint density at radius 1 is 1.53 bits per heavy atom. The van der Waals surface area contributed by atoms with Crippen molar-refractivity contribution in [2.45, 2.75) is 24.9 Å². The SMILES string of the molecule is CCCCSc1nc(N)c2[nH]c[nH+]c2n1. The van der Waals surface area contributed by atoms with Crippen LogP contribution in [0.3, 0.4) is 0 Å². The van der Waals surface area contributed by atoms with Crippen LogP contribution in [0.4, 0.5) is 5.82 Å². The van der Waals surface area contributed by atoms with Crippen molar-refractivity contribution < 1.29 is 4.98 Å². The molecule has 0 bridgehead atoms. The zero-order valence-electron chi connectivity index (χ0n) is 8.58. The number of anilines is 1. The molecule has 4 N–H and O–H groups in total. The molecule has 5 nitrogen and oxygen atoms in total. The van der Waals surface area contributed by atoms with Crippen LogP contribution in [-0.4, -0.2) is 20.7 Å². The van der Waals surface area contributed by atoms with Gasteiger partial charge in [0, 0.05) is 5.75 Å². The lowest BCUT2D eigenvalue weighted by Gasteiger charge is -1.96. The van der Waals surface area contributed by atoms with Crippen molar-refractivity contribution in [3.63, 3.8) is 0 Å². The van der Waals surface area contributed by atoms with Crippen LogP contribution in [0.25, 0.3) is 11.2 Å². The number of nitrogens with zero attached hydrogens (tertiary/aromatic N) is 2. The summed E-state index contributed by atoms with van der Waals surface area (Å²) in [6.07, 6.45) is 4.06. The molecule has 80 valence electrons. The summed E-state index contributed by atoms with van der Waals surface area (Å²) in [6, 6.07) is 0. The lowest BCUT2D eigenvalue weighted by atomic mass is 10.4. The van der Waals surface area contributed by atoms with Crippen LogP contribution in [0.5, 0.6) is 0 Å². The molecule has 0 aromatic carbocycles. The fourth-order valence-corrected chi connectivity index (χ4v) is 2.19. The second-order valence-electron chi connectivity index (χ2n) is 3.25. The van der Waals surface area contributed by atoms with Gasteiger partial charge in [-0.1, -0.05) is 30.1 Å². The molecule has 2 rings (SSSR count). The van der Waals surface area contributed by atoms with Crippen LogP contribution in [0.2, 0.25) is 0 Å². The molecule has 0 aliphatic heterocycles. The number of H-pyrrole nitrogens is 2. The molecule has 0 saturated carbocycles. The number of rotatable bonds is 4. The Balaban J connectivity index is 2.21. The van der Waals surface area contributed by atoms with Gasteiger partial charge in [0.1, 0.15) is 0 Å². The van der Waals surface area contributed by atoms with E-state index in [2.05, 4.69) is 26.9 Å². The summed E-state index contributed by atoms with van der Waals surface area (Å²) in [5.74, 6) is 1.53. The highest BCUT2D eigenvalue weighted by Crippen LogP contribution is 2.19. The second kappa shape index (κ2) is 4.48. The molecule has 0 radical (unpaired) electrons. The summed E-state index contributed by atoms with van der Waals surface area (Å²) in [4.78, 5) is 14.5. The van der Waals surface area contributed by atoms with E-state index in [4.69, 9.17) is 5.73 Å². The predicted octanol–water partition coefficient (Wildman–Crippen LogP) is 1.25. The monoisotopic (exact) mass is 224 g/mol. The minimum absolute atomic E-state index is 0.500. The first kappa shape index (κ1) is 10.2. The minimum atomic E-state index is 0.500. The van der Waals surface area contributed by atoms with Crippen LogP contribution in [0, 0.1) is 0 Å². The van der Waals surface area contributed by atoms with E-state index in [-0.39, 0.29) is 0 Å². The predicted molar refractivity (Wildman–Crippen MR) is 60.5 cm³/mol. The van der Waals surface area contributed by atoms with E-state index >= 15 is 0 Å². The Kier molecular flexibility index (Phi) is 3.05. The number of hydrogen-bond acceptors (Lipinski definition) is 4. The molecule has 0 amide bonds. The van der Waals surface area contributed by atoms with Crippen molar-refractivity contribution in [3.05, 3.63) is 6.33 Å². The quantitative estimate of drug-likeness (QED) is 0.465. The molecule has 0 aliphatic carbocycles. The first-order valence-electron chi connectivity index (χ1n) is 4.96. The van der Waals surface area contributed by atoms with E-state index in [0.717, 1.165) is 22.1 Å². The minimum Gasteiger partial charge on any atom is -0.380 e. The summed E-state index contributed by atoms with van der Waals surface area (Å²) in [7, 11) is 0. The maximum atomic E-state index is 5.79. The molecule has 0 saturated heterocycles. The first-order chi connectivity index (χ1) is 7.31. The highest BCUT2D eigenvalue weighted by Gasteiger charge is 2.13. The Morgan fingerprint density at radius 2 is 2.40 bits per heavy atom. The lowest BCUT2D eigenvalue weighted by Crippen LogP contribution is -2.02. The standard InChI is InChI=1S/C9H13N5S/c1-2-3-4-15-9-13-7(10)6-8(14-9)12-5-11-6/h5H,2-4H2,1H3,(H3,10,11,12,13,14)/p+1. The van der Waals surface area contributed by atoms with E-state index in [1.165, 1.54) is 12.8 Å². The number of aromatic nitrogens is 4. The van der Waals surface area contributed by atoms with Gasteiger partial charge in [-0.05, 0) is 6.42 Å². The maximum Gasteiger partial charge on any atom is 0.306 e. The number of thioether (sulfide) groups is 1. The average molecular weight is 224 g/mol. The van der Waals surface area contributed by atoms with Gasteiger partial charge in [0.25, 0.3) is 5.16 Å². The van der Waals surface area contributed by atoms with E-state index in [9.17, 15) is 0 Å². The molecule has 0 atom stereocenters. The van der Waals surface area contributed by atoms with Gasteiger partial charge in [0.15, 0.2) is 12.1 Å². The van der Waals surface area contributed by atoms with Gasteiger partial charge in [-0.2, -0.15) is 4.98 Å². The molecule has 15 heavy (non-hydrogen) atoms. The third-order valence-corrected chi connectivity index (χ3v) is 3.00. The third kappa shape index (κ3) is 2.20. The number of hydrogen-bond donors (Lipinski definition) is 2. The Morgan fingerprint density at radius 3 is 3.20 bits per heavy atom. The highest BCUT2D eigenvalue weighted by atomic mass is 32.2. The van der Waals surface area contributed by atoms with Crippen LogP contribution < -0.4 is 10.7 Å². The molecule has 2 aromatic rings. The van der Waals surface area contributed by atoms with Gasteiger partial charge >= 0.3 is 5.65 Å². The largest absolute Gasteiger partial charge is 0.380 e. The molecule has 2 heterocycles. The number of nitrogen functional groups attached to an aromatic ring is 1. The van der Waals surface area contributed by atoms with Crippen molar-refractivity contribution in [1.29, 1.82) is 0 Å². The molecule has 0 unspecified atom stereocenters. The maximum absolute atomic E-state index is 5.79. The van der Waals surface area contributed by atoms with Crippen molar-refractivity contribution in [2.24, 2.45) is 0 Å². The van der Waals surface area contributed by atoms with Crippen LogP contribution in [0.15, 0.2) is 11.5 Å². The fraction of sp³-hybridized carbons (Fsp3) is 0.444. The van der Waals surface area contributed by atoms with E-state index < -0.39 is 0 Å². The zero-order chi connectivity index (χ0) is 10.7. The summed E-state index contributed by atoms with van der Waals surface area (Å²) in [5.41, 5.74) is 7.33.